The first-order chi connectivity index (χ1) is 11.4. The highest BCUT2D eigenvalue weighted by molar-refractivity contribution is 6.36. The lowest BCUT2D eigenvalue weighted by molar-refractivity contribution is -0.138. The van der Waals surface area contributed by atoms with E-state index in [4.69, 9.17) is 23.2 Å². The van der Waals surface area contributed by atoms with E-state index in [0.29, 0.717) is 0 Å². The van der Waals surface area contributed by atoms with Gasteiger partial charge in [-0.2, -0.15) is 18.4 Å². The average Bonchev–Trinajstić information content (AvgIpc) is 3.04. The molecule has 1 aromatic carbocycles. The van der Waals surface area contributed by atoms with Crippen LogP contribution in [0.4, 0.5) is 13.2 Å². The molecule has 3 rings (SSSR count). The Bertz CT molecular complexity index is 832. The minimum atomic E-state index is -4.61. The molecule has 0 bridgehead atoms. The maximum Gasteiger partial charge on any atom is 0.418 e. The van der Waals surface area contributed by atoms with E-state index in [1.54, 1.807) is 6.07 Å². The van der Waals surface area contributed by atoms with Gasteiger partial charge in [-0.25, -0.2) is 0 Å². The highest BCUT2D eigenvalue weighted by Crippen LogP contribution is 2.42. The van der Waals surface area contributed by atoms with Gasteiger partial charge in [0.15, 0.2) is 5.82 Å². The molecule has 0 aliphatic carbocycles. The van der Waals surface area contributed by atoms with Gasteiger partial charge in [-0.3, -0.25) is 4.98 Å². The number of rotatable bonds is 3. The number of halogens is 5. The summed E-state index contributed by atoms with van der Waals surface area (Å²) in [6.07, 6.45) is -3.36. The Kier molecular flexibility index (Phi) is 4.42. The van der Waals surface area contributed by atoms with E-state index < -0.39 is 17.7 Å². The number of H-pyrrole nitrogens is 1. The molecular formula is C14H8Cl2F3N5. The standard InChI is InChI=1S/C14H8Cl2F3N5/c15-8-4-1-5-9(16)10(8)11(13-21-23-24-22-13)12-7(14(17,18)19)3-2-6-20-12/h1-6,11H,(H,21,22,23,24)/t11-/m0/s1. The summed E-state index contributed by atoms with van der Waals surface area (Å²) in [5, 5.41) is 13.6. The molecule has 0 aliphatic rings. The number of aromatic amines is 1. The molecule has 0 saturated heterocycles. The fraction of sp³-hybridized carbons (Fsp3) is 0.143. The molecule has 5 nitrogen and oxygen atoms in total. The molecule has 0 aliphatic heterocycles. The highest BCUT2D eigenvalue weighted by atomic mass is 35.5. The summed E-state index contributed by atoms with van der Waals surface area (Å²) in [5.74, 6) is -1.14. The van der Waals surface area contributed by atoms with E-state index >= 15 is 0 Å². The van der Waals surface area contributed by atoms with E-state index in [-0.39, 0.29) is 27.1 Å². The number of hydrogen-bond acceptors (Lipinski definition) is 4. The minimum Gasteiger partial charge on any atom is -0.260 e. The largest absolute Gasteiger partial charge is 0.418 e. The van der Waals surface area contributed by atoms with E-state index in [1.807, 2.05) is 0 Å². The molecular weight excluding hydrogens is 366 g/mol. The fourth-order valence-electron chi connectivity index (χ4n) is 2.35. The summed E-state index contributed by atoms with van der Waals surface area (Å²) in [5.41, 5.74) is -0.997. The average molecular weight is 374 g/mol. The van der Waals surface area contributed by atoms with Gasteiger partial charge in [0.05, 0.1) is 17.2 Å². The van der Waals surface area contributed by atoms with Crippen molar-refractivity contribution in [1.29, 1.82) is 0 Å². The van der Waals surface area contributed by atoms with Gasteiger partial charge >= 0.3 is 6.18 Å². The second-order valence-corrected chi connectivity index (χ2v) is 5.59. The van der Waals surface area contributed by atoms with Gasteiger partial charge in [-0.1, -0.05) is 34.5 Å². The van der Waals surface area contributed by atoms with Crippen molar-refractivity contribution in [2.45, 2.75) is 12.1 Å². The summed E-state index contributed by atoms with van der Waals surface area (Å²) >= 11 is 12.4. The van der Waals surface area contributed by atoms with E-state index in [2.05, 4.69) is 25.6 Å². The molecule has 0 spiro atoms. The molecule has 2 heterocycles. The predicted octanol–water partition coefficient (Wildman–Crippen LogP) is 4.10. The quantitative estimate of drug-likeness (QED) is 0.750. The summed E-state index contributed by atoms with van der Waals surface area (Å²) in [7, 11) is 0. The molecule has 0 unspecified atom stereocenters. The van der Waals surface area contributed by atoms with Crippen LogP contribution in [-0.4, -0.2) is 25.6 Å². The minimum absolute atomic E-state index is 0.0193. The monoisotopic (exact) mass is 373 g/mol. The number of pyridine rings is 1. The van der Waals surface area contributed by atoms with E-state index in [0.717, 1.165) is 6.07 Å². The van der Waals surface area contributed by atoms with Crippen LogP contribution in [0, 0.1) is 0 Å². The zero-order valence-electron chi connectivity index (χ0n) is 11.7. The van der Waals surface area contributed by atoms with Crippen LogP contribution in [0.1, 0.15) is 28.6 Å². The van der Waals surface area contributed by atoms with Crippen LogP contribution in [0.3, 0.4) is 0 Å². The Morgan fingerprint density at radius 3 is 2.33 bits per heavy atom. The topological polar surface area (TPSA) is 67.3 Å². The van der Waals surface area contributed by atoms with Gasteiger partial charge in [0, 0.05) is 21.8 Å². The Balaban J connectivity index is 2.30. The number of aromatic nitrogens is 5. The van der Waals surface area contributed by atoms with Crippen molar-refractivity contribution in [2.24, 2.45) is 0 Å². The highest BCUT2D eigenvalue weighted by Gasteiger charge is 2.39. The van der Waals surface area contributed by atoms with Crippen LogP contribution in [0.5, 0.6) is 0 Å². The number of nitrogens with one attached hydrogen (secondary N) is 1. The number of tetrazole rings is 1. The first kappa shape index (κ1) is 16.7. The zero-order chi connectivity index (χ0) is 17.3. The second-order valence-electron chi connectivity index (χ2n) is 4.77. The normalized spacial score (nSPS) is 13.0. The van der Waals surface area contributed by atoms with Gasteiger partial charge in [-0.05, 0) is 24.3 Å². The fourth-order valence-corrected chi connectivity index (χ4v) is 2.97. The van der Waals surface area contributed by atoms with Gasteiger partial charge < -0.3 is 0 Å². The predicted molar refractivity (Wildman–Crippen MR) is 80.8 cm³/mol. The third kappa shape index (κ3) is 3.07. The molecule has 124 valence electrons. The summed E-state index contributed by atoms with van der Waals surface area (Å²) in [6, 6.07) is 6.76. The molecule has 2 aromatic heterocycles. The molecule has 3 aromatic rings. The van der Waals surface area contributed by atoms with E-state index in [1.165, 1.54) is 24.4 Å². The first-order valence-corrected chi connectivity index (χ1v) is 7.34. The van der Waals surface area contributed by atoms with E-state index in [9.17, 15) is 13.2 Å². The van der Waals surface area contributed by atoms with Crippen LogP contribution in [0.25, 0.3) is 0 Å². The van der Waals surface area contributed by atoms with Gasteiger partial charge in [0.2, 0.25) is 0 Å². The lowest BCUT2D eigenvalue weighted by atomic mass is 9.91. The summed E-state index contributed by atoms with van der Waals surface area (Å²) in [4.78, 5) is 3.90. The van der Waals surface area contributed by atoms with Crippen molar-refractivity contribution in [2.75, 3.05) is 0 Å². The van der Waals surface area contributed by atoms with Crippen molar-refractivity contribution < 1.29 is 13.2 Å². The SMILES string of the molecule is FC(F)(F)c1cccnc1[C@@H](c1nn[nH]n1)c1c(Cl)cccc1Cl. The number of alkyl halides is 3. The number of nitrogens with zero attached hydrogens (tertiary/aromatic N) is 4. The van der Waals surface area contributed by atoms with Crippen LogP contribution in [-0.2, 0) is 6.18 Å². The third-order valence-electron chi connectivity index (χ3n) is 3.33. The number of benzene rings is 1. The lowest BCUT2D eigenvalue weighted by Gasteiger charge is -2.20. The van der Waals surface area contributed by atoms with Crippen molar-refractivity contribution in [3.05, 3.63) is 69.2 Å². The molecule has 1 N–H and O–H groups in total. The van der Waals surface area contributed by atoms with Crippen molar-refractivity contribution in [3.8, 4) is 0 Å². The van der Waals surface area contributed by atoms with Crippen LogP contribution < -0.4 is 0 Å². The van der Waals surface area contributed by atoms with Crippen LogP contribution in [0.15, 0.2) is 36.5 Å². The molecule has 10 heteroatoms. The van der Waals surface area contributed by atoms with Gasteiger partial charge in [-0.15, -0.1) is 10.2 Å². The Hall–Kier alpha value is -2.19. The van der Waals surface area contributed by atoms with Crippen molar-refractivity contribution in [1.82, 2.24) is 25.6 Å². The summed E-state index contributed by atoms with van der Waals surface area (Å²) in [6.45, 7) is 0. The molecule has 1 atom stereocenters. The molecule has 24 heavy (non-hydrogen) atoms. The Morgan fingerprint density at radius 1 is 1.04 bits per heavy atom. The lowest BCUT2D eigenvalue weighted by Crippen LogP contribution is -2.17. The molecule has 0 radical (unpaired) electrons. The Labute approximate surface area is 143 Å². The zero-order valence-corrected chi connectivity index (χ0v) is 13.2. The molecule has 0 fully saturated rings. The maximum atomic E-state index is 13.4. The molecule has 0 saturated carbocycles. The first-order valence-electron chi connectivity index (χ1n) is 6.59. The summed E-state index contributed by atoms with van der Waals surface area (Å²) < 4.78 is 40.2. The van der Waals surface area contributed by atoms with Crippen molar-refractivity contribution >= 4 is 23.2 Å². The van der Waals surface area contributed by atoms with Crippen molar-refractivity contribution in [3.63, 3.8) is 0 Å². The second kappa shape index (κ2) is 6.37. The third-order valence-corrected chi connectivity index (χ3v) is 3.98. The van der Waals surface area contributed by atoms with Gasteiger partial charge in [0.1, 0.15) is 0 Å². The van der Waals surface area contributed by atoms with Crippen LogP contribution in [0.2, 0.25) is 10.0 Å². The van der Waals surface area contributed by atoms with Crippen LogP contribution >= 0.6 is 23.2 Å². The number of hydrogen-bond donors (Lipinski definition) is 1. The Morgan fingerprint density at radius 2 is 1.75 bits per heavy atom. The molecule has 0 amide bonds. The maximum absolute atomic E-state index is 13.4. The smallest absolute Gasteiger partial charge is 0.260 e. The van der Waals surface area contributed by atoms with Gasteiger partial charge in [0.25, 0.3) is 0 Å².